The van der Waals surface area contributed by atoms with Gasteiger partial charge in [0, 0.05) is 0 Å². The fourth-order valence-electron chi connectivity index (χ4n) is 0.695. The predicted molar refractivity (Wildman–Crippen MR) is 35.2 cm³/mol. The molecule has 0 radical (unpaired) electrons. The average Bonchev–Trinajstić information content (AvgIpc) is 2.19. The van der Waals surface area contributed by atoms with Crippen molar-refractivity contribution in [2.45, 2.75) is 6.92 Å². The zero-order valence-corrected chi connectivity index (χ0v) is 4.89. The molecule has 0 heteroatoms. The second kappa shape index (κ2) is 2.37. The monoisotopic (exact) mass is 104 g/mol. The van der Waals surface area contributed by atoms with Crippen LogP contribution >= 0.6 is 0 Å². The first-order valence-electron chi connectivity index (χ1n) is 2.71. The lowest BCUT2D eigenvalue weighted by Crippen LogP contribution is -1.78. The normalized spacial score (nSPS) is 16.1. The second-order valence-corrected chi connectivity index (χ2v) is 1.69. The molecule has 1 rings (SSSR count). The SMILES string of the molecule is CC#CC1C=CC=C1. The Bertz CT molecular complexity index is 162. The molecule has 0 aromatic carbocycles. The summed E-state index contributed by atoms with van der Waals surface area (Å²) in [5.74, 6) is 6.27. The van der Waals surface area contributed by atoms with Gasteiger partial charge < -0.3 is 0 Å². The molecule has 0 atom stereocenters. The molecule has 0 unspecified atom stereocenters. The molecule has 0 aromatic rings. The van der Waals surface area contributed by atoms with Gasteiger partial charge in [-0.05, 0) is 6.92 Å². The smallest absolute Gasteiger partial charge is 0.0569 e. The predicted octanol–water partition coefficient (Wildman–Crippen LogP) is 1.75. The molecule has 0 fully saturated rings. The van der Waals surface area contributed by atoms with Crippen LogP contribution in [0.2, 0.25) is 0 Å². The van der Waals surface area contributed by atoms with Crippen molar-refractivity contribution in [3.8, 4) is 11.8 Å². The van der Waals surface area contributed by atoms with Gasteiger partial charge in [0.05, 0.1) is 5.92 Å². The van der Waals surface area contributed by atoms with Crippen molar-refractivity contribution in [1.29, 1.82) is 0 Å². The van der Waals surface area contributed by atoms with Crippen LogP contribution in [-0.4, -0.2) is 0 Å². The molecule has 0 N–H and O–H groups in total. The number of hydrogen-bond donors (Lipinski definition) is 0. The first-order chi connectivity index (χ1) is 3.93. The minimum absolute atomic E-state index is 0.389. The quantitative estimate of drug-likeness (QED) is 0.411. The van der Waals surface area contributed by atoms with E-state index < -0.39 is 0 Å². The average molecular weight is 104 g/mol. The maximum absolute atomic E-state index is 3.02. The zero-order valence-electron chi connectivity index (χ0n) is 4.89. The standard InChI is InChI=1S/C8H8/c1-2-5-8-6-3-4-7-8/h3-4,6-8H,1H3. The van der Waals surface area contributed by atoms with Crippen molar-refractivity contribution >= 4 is 0 Å². The Balaban J connectivity index is 2.58. The minimum Gasteiger partial charge on any atom is -0.106 e. The van der Waals surface area contributed by atoms with Crippen molar-refractivity contribution < 1.29 is 0 Å². The van der Waals surface area contributed by atoms with E-state index in [0.717, 1.165) is 0 Å². The number of hydrogen-bond acceptors (Lipinski definition) is 0. The fraction of sp³-hybridized carbons (Fsp3) is 0.250. The van der Waals surface area contributed by atoms with E-state index in [0.29, 0.717) is 5.92 Å². The lowest BCUT2D eigenvalue weighted by Gasteiger charge is -1.86. The van der Waals surface area contributed by atoms with Crippen LogP contribution in [0.4, 0.5) is 0 Å². The van der Waals surface area contributed by atoms with E-state index in [1.807, 2.05) is 19.1 Å². The van der Waals surface area contributed by atoms with E-state index >= 15 is 0 Å². The van der Waals surface area contributed by atoms with E-state index in [-0.39, 0.29) is 0 Å². The lowest BCUT2D eigenvalue weighted by molar-refractivity contribution is 1.15. The van der Waals surface area contributed by atoms with Crippen molar-refractivity contribution in [2.75, 3.05) is 0 Å². The number of rotatable bonds is 0. The van der Waals surface area contributed by atoms with Crippen LogP contribution in [0.1, 0.15) is 6.92 Å². The summed E-state index contributed by atoms with van der Waals surface area (Å²) in [4.78, 5) is 0. The Morgan fingerprint density at radius 3 is 2.38 bits per heavy atom. The third kappa shape index (κ3) is 1.01. The Labute approximate surface area is 49.9 Å². The van der Waals surface area contributed by atoms with Crippen molar-refractivity contribution in [3.63, 3.8) is 0 Å². The van der Waals surface area contributed by atoms with Gasteiger partial charge >= 0.3 is 0 Å². The van der Waals surface area contributed by atoms with Crippen LogP contribution in [0.5, 0.6) is 0 Å². The molecule has 1 aliphatic rings. The van der Waals surface area contributed by atoms with E-state index in [1.54, 1.807) is 0 Å². The van der Waals surface area contributed by atoms with Crippen LogP contribution in [0, 0.1) is 17.8 Å². The Morgan fingerprint density at radius 2 is 1.88 bits per heavy atom. The van der Waals surface area contributed by atoms with Gasteiger partial charge in [-0.2, -0.15) is 0 Å². The molecule has 0 aromatic heterocycles. The van der Waals surface area contributed by atoms with E-state index in [4.69, 9.17) is 0 Å². The topological polar surface area (TPSA) is 0 Å². The maximum Gasteiger partial charge on any atom is 0.0569 e. The molecule has 0 nitrogen and oxygen atoms in total. The van der Waals surface area contributed by atoms with Crippen LogP contribution in [0.15, 0.2) is 24.3 Å². The molecule has 0 heterocycles. The molecule has 0 aliphatic heterocycles. The highest BCUT2D eigenvalue weighted by atomic mass is 14.0. The molecule has 0 spiro atoms. The highest BCUT2D eigenvalue weighted by molar-refractivity contribution is 5.26. The Kier molecular flexibility index (Phi) is 1.54. The first kappa shape index (κ1) is 5.18. The first-order valence-corrected chi connectivity index (χ1v) is 2.71. The van der Waals surface area contributed by atoms with Gasteiger partial charge in [0.25, 0.3) is 0 Å². The summed E-state index contributed by atoms with van der Waals surface area (Å²) in [6.07, 6.45) is 8.21. The van der Waals surface area contributed by atoms with Gasteiger partial charge in [-0.3, -0.25) is 0 Å². The molecular formula is C8H8. The molecule has 0 bridgehead atoms. The van der Waals surface area contributed by atoms with Gasteiger partial charge in [-0.25, -0.2) is 0 Å². The summed E-state index contributed by atoms with van der Waals surface area (Å²) < 4.78 is 0. The second-order valence-electron chi connectivity index (χ2n) is 1.69. The van der Waals surface area contributed by atoms with Crippen molar-refractivity contribution in [2.24, 2.45) is 5.92 Å². The summed E-state index contributed by atoms with van der Waals surface area (Å²) in [5.41, 5.74) is 0. The van der Waals surface area contributed by atoms with Gasteiger partial charge in [-0.1, -0.05) is 30.2 Å². The molecule has 40 valence electrons. The van der Waals surface area contributed by atoms with Crippen LogP contribution in [0.3, 0.4) is 0 Å². The maximum atomic E-state index is 3.02. The summed E-state index contributed by atoms with van der Waals surface area (Å²) in [6.45, 7) is 1.86. The molecule has 0 saturated carbocycles. The Morgan fingerprint density at radius 1 is 1.25 bits per heavy atom. The third-order valence-corrected chi connectivity index (χ3v) is 1.06. The van der Waals surface area contributed by atoms with Crippen molar-refractivity contribution in [3.05, 3.63) is 24.3 Å². The highest BCUT2D eigenvalue weighted by Crippen LogP contribution is 2.05. The fourth-order valence-corrected chi connectivity index (χ4v) is 0.695. The largest absolute Gasteiger partial charge is 0.106 e. The van der Waals surface area contributed by atoms with Gasteiger partial charge in [-0.15, -0.1) is 5.92 Å². The molecule has 0 amide bonds. The summed E-state index contributed by atoms with van der Waals surface area (Å²) in [7, 11) is 0. The molecule has 8 heavy (non-hydrogen) atoms. The van der Waals surface area contributed by atoms with Crippen LogP contribution in [0.25, 0.3) is 0 Å². The van der Waals surface area contributed by atoms with Crippen molar-refractivity contribution in [1.82, 2.24) is 0 Å². The number of allylic oxidation sites excluding steroid dienone is 4. The summed E-state index contributed by atoms with van der Waals surface area (Å²) >= 11 is 0. The zero-order chi connectivity index (χ0) is 5.82. The van der Waals surface area contributed by atoms with E-state index in [1.165, 1.54) is 0 Å². The van der Waals surface area contributed by atoms with Gasteiger partial charge in [0.15, 0.2) is 0 Å². The van der Waals surface area contributed by atoms with Gasteiger partial charge in [0.2, 0.25) is 0 Å². The highest BCUT2D eigenvalue weighted by Gasteiger charge is 1.94. The van der Waals surface area contributed by atoms with Gasteiger partial charge in [0.1, 0.15) is 0 Å². The Hall–Kier alpha value is -0.960. The summed E-state index contributed by atoms with van der Waals surface area (Å²) in [5, 5.41) is 0. The molecule has 0 saturated heterocycles. The minimum atomic E-state index is 0.389. The molecule has 1 aliphatic carbocycles. The lowest BCUT2D eigenvalue weighted by atomic mass is 10.2. The van der Waals surface area contributed by atoms with Crippen LogP contribution < -0.4 is 0 Å². The summed E-state index contributed by atoms with van der Waals surface area (Å²) in [6, 6.07) is 0. The third-order valence-electron chi connectivity index (χ3n) is 1.06. The van der Waals surface area contributed by atoms with E-state index in [9.17, 15) is 0 Å². The van der Waals surface area contributed by atoms with Crippen LogP contribution in [-0.2, 0) is 0 Å². The van der Waals surface area contributed by atoms with E-state index in [2.05, 4.69) is 24.0 Å². The molecular weight excluding hydrogens is 96.1 g/mol.